The second kappa shape index (κ2) is 17.9. The van der Waals surface area contributed by atoms with Gasteiger partial charge in [0, 0.05) is 6.54 Å². The Bertz CT molecular complexity index is 802. The molecule has 0 saturated heterocycles. The molecule has 0 spiro atoms. The normalized spacial score (nSPS) is 14.0. The van der Waals surface area contributed by atoms with E-state index >= 15 is 0 Å². The van der Waals surface area contributed by atoms with Crippen molar-refractivity contribution < 1.29 is 28.7 Å². The SMILES string of the molecule is COC(=O)[C@@H](NC(=O)[C@H](CC(N)=O)NC(=O)[C@H](CCCCN)NC(=O)[C@@H](N)CCCN=C(N)N)C(C)C. The summed E-state index contributed by atoms with van der Waals surface area (Å²) in [6.45, 7) is 4.04. The number of esters is 1. The molecular weight excluding hydrogens is 486 g/mol. The molecule has 37 heavy (non-hydrogen) atoms. The van der Waals surface area contributed by atoms with Gasteiger partial charge in [-0.25, -0.2) is 4.79 Å². The molecule has 0 aromatic carbocycles. The molecule has 0 rings (SSSR count). The maximum absolute atomic E-state index is 13.1. The molecule has 0 bridgehead atoms. The van der Waals surface area contributed by atoms with Crippen molar-refractivity contribution in [3.63, 3.8) is 0 Å². The van der Waals surface area contributed by atoms with Crippen LogP contribution in [0.1, 0.15) is 52.4 Å². The number of ether oxygens (including phenoxy) is 1. The first-order chi connectivity index (χ1) is 17.3. The minimum Gasteiger partial charge on any atom is -0.467 e. The van der Waals surface area contributed by atoms with Crippen LogP contribution >= 0.6 is 0 Å². The van der Waals surface area contributed by atoms with Crippen LogP contribution in [0.15, 0.2) is 4.99 Å². The lowest BCUT2D eigenvalue weighted by Crippen LogP contribution is -2.58. The molecule has 0 heterocycles. The number of nitrogens with zero attached hydrogens (tertiary/aromatic N) is 1. The van der Waals surface area contributed by atoms with Crippen LogP contribution in [0.3, 0.4) is 0 Å². The lowest BCUT2D eigenvalue weighted by atomic mass is 10.0. The lowest BCUT2D eigenvalue weighted by molar-refractivity contribution is -0.146. The van der Waals surface area contributed by atoms with Gasteiger partial charge >= 0.3 is 5.97 Å². The molecule has 13 N–H and O–H groups in total. The quantitative estimate of drug-likeness (QED) is 0.0378. The summed E-state index contributed by atoms with van der Waals surface area (Å²) in [6.07, 6.45) is 1.46. The van der Waals surface area contributed by atoms with Crippen molar-refractivity contribution in [2.75, 3.05) is 20.2 Å². The van der Waals surface area contributed by atoms with Crippen molar-refractivity contribution in [1.82, 2.24) is 16.0 Å². The molecule has 15 heteroatoms. The minimum atomic E-state index is -1.39. The highest BCUT2D eigenvalue weighted by Gasteiger charge is 2.32. The third-order valence-corrected chi connectivity index (χ3v) is 5.34. The van der Waals surface area contributed by atoms with Gasteiger partial charge in [-0.2, -0.15) is 0 Å². The summed E-state index contributed by atoms with van der Waals surface area (Å²) in [5.74, 6) is -4.06. The van der Waals surface area contributed by atoms with Crippen LogP contribution in [0.2, 0.25) is 0 Å². The number of nitrogens with one attached hydrogen (secondary N) is 3. The fourth-order valence-corrected chi connectivity index (χ4v) is 3.25. The molecule has 4 amide bonds. The smallest absolute Gasteiger partial charge is 0.328 e. The zero-order chi connectivity index (χ0) is 28.5. The molecule has 0 aliphatic carbocycles. The van der Waals surface area contributed by atoms with Crippen molar-refractivity contribution in [3.05, 3.63) is 0 Å². The van der Waals surface area contributed by atoms with Crippen LogP contribution in [-0.4, -0.2) is 79.9 Å². The fourth-order valence-electron chi connectivity index (χ4n) is 3.25. The number of hydrogen-bond acceptors (Lipinski definition) is 9. The molecule has 0 aromatic rings. The highest BCUT2D eigenvalue weighted by molar-refractivity contribution is 5.96. The van der Waals surface area contributed by atoms with E-state index in [9.17, 15) is 24.0 Å². The van der Waals surface area contributed by atoms with Crippen LogP contribution in [0.25, 0.3) is 0 Å². The summed E-state index contributed by atoms with van der Waals surface area (Å²) in [6, 6.07) is -4.40. The molecule has 0 unspecified atom stereocenters. The minimum absolute atomic E-state index is 0.0736. The molecule has 0 aliphatic heterocycles. The van der Waals surface area contributed by atoms with Crippen LogP contribution in [-0.2, 0) is 28.7 Å². The number of aliphatic imine (C=N–C) groups is 1. The summed E-state index contributed by atoms with van der Waals surface area (Å²) in [5.41, 5.74) is 27.3. The van der Waals surface area contributed by atoms with Gasteiger partial charge in [-0.1, -0.05) is 13.8 Å². The van der Waals surface area contributed by atoms with Crippen LogP contribution in [0.4, 0.5) is 0 Å². The number of methoxy groups -OCH3 is 1. The van der Waals surface area contributed by atoms with Crippen molar-refractivity contribution >= 4 is 35.6 Å². The van der Waals surface area contributed by atoms with E-state index in [0.717, 1.165) is 0 Å². The maximum Gasteiger partial charge on any atom is 0.328 e. The number of carbonyl (C=O) groups is 5. The van der Waals surface area contributed by atoms with E-state index in [-0.39, 0.29) is 31.3 Å². The van der Waals surface area contributed by atoms with E-state index in [1.807, 2.05) is 0 Å². The number of unbranched alkanes of at least 4 members (excludes halogenated alkanes) is 1. The second-order valence-corrected chi connectivity index (χ2v) is 8.89. The Morgan fingerprint density at radius 2 is 1.43 bits per heavy atom. The Labute approximate surface area is 217 Å². The zero-order valence-corrected chi connectivity index (χ0v) is 21.8. The van der Waals surface area contributed by atoms with Crippen molar-refractivity contribution in [2.24, 2.45) is 39.6 Å². The molecular formula is C22H43N9O6. The molecule has 212 valence electrons. The van der Waals surface area contributed by atoms with Gasteiger partial charge in [-0.15, -0.1) is 0 Å². The zero-order valence-electron chi connectivity index (χ0n) is 21.8. The predicted molar refractivity (Wildman–Crippen MR) is 137 cm³/mol. The molecule has 0 radical (unpaired) electrons. The summed E-state index contributed by atoms with van der Waals surface area (Å²) < 4.78 is 4.70. The van der Waals surface area contributed by atoms with Gasteiger partial charge in [0.25, 0.3) is 0 Å². The summed E-state index contributed by atoms with van der Waals surface area (Å²) >= 11 is 0. The average Bonchev–Trinajstić information content (AvgIpc) is 2.82. The maximum atomic E-state index is 13.1. The van der Waals surface area contributed by atoms with Gasteiger partial charge in [-0.3, -0.25) is 24.2 Å². The van der Waals surface area contributed by atoms with E-state index in [1.54, 1.807) is 13.8 Å². The monoisotopic (exact) mass is 529 g/mol. The standard InChI is InChI=1S/C22H43N9O6/c1-12(2)17(21(36)37-3)31-20(35)15(11-16(25)32)30-19(34)14(8-4-5-9-23)29-18(33)13(24)7-6-10-28-22(26)27/h12-15,17H,4-11,23-24H2,1-3H3,(H2,25,32)(H,29,33)(H,30,34)(H,31,35)(H4,26,27,28)/t13-,14-,15-,17-/m0/s1. The number of hydrogen-bond donors (Lipinski definition) is 8. The van der Waals surface area contributed by atoms with E-state index in [1.165, 1.54) is 7.11 Å². The Hall–Kier alpha value is -3.46. The van der Waals surface area contributed by atoms with Crippen molar-refractivity contribution in [2.45, 2.75) is 76.5 Å². The van der Waals surface area contributed by atoms with Crippen molar-refractivity contribution in [3.8, 4) is 0 Å². The number of amides is 4. The molecule has 0 saturated carbocycles. The van der Waals surface area contributed by atoms with E-state index in [2.05, 4.69) is 20.9 Å². The number of carbonyl (C=O) groups excluding carboxylic acids is 5. The topological polar surface area (TPSA) is 273 Å². The van der Waals surface area contributed by atoms with Gasteiger partial charge in [-0.05, 0) is 44.6 Å². The van der Waals surface area contributed by atoms with E-state index in [4.69, 9.17) is 33.4 Å². The van der Waals surface area contributed by atoms with Gasteiger partial charge in [0.2, 0.25) is 23.6 Å². The average molecular weight is 530 g/mol. The molecule has 15 nitrogen and oxygen atoms in total. The van der Waals surface area contributed by atoms with Gasteiger partial charge in [0.15, 0.2) is 5.96 Å². The van der Waals surface area contributed by atoms with Gasteiger partial charge in [0.1, 0.15) is 18.1 Å². The Morgan fingerprint density at radius 1 is 0.838 bits per heavy atom. The highest BCUT2D eigenvalue weighted by Crippen LogP contribution is 2.07. The Balaban J connectivity index is 5.49. The highest BCUT2D eigenvalue weighted by atomic mass is 16.5. The van der Waals surface area contributed by atoms with E-state index < -0.39 is 60.2 Å². The third kappa shape index (κ3) is 14.0. The summed E-state index contributed by atoms with van der Waals surface area (Å²) in [4.78, 5) is 66.0. The van der Waals surface area contributed by atoms with Gasteiger partial charge < -0.3 is 49.4 Å². The van der Waals surface area contributed by atoms with Gasteiger partial charge in [0.05, 0.1) is 19.6 Å². The first-order valence-corrected chi connectivity index (χ1v) is 12.1. The Kier molecular flexibility index (Phi) is 16.2. The molecule has 0 fully saturated rings. The number of nitrogens with two attached hydrogens (primary N) is 5. The largest absolute Gasteiger partial charge is 0.467 e. The van der Waals surface area contributed by atoms with Crippen LogP contribution in [0.5, 0.6) is 0 Å². The number of primary amides is 1. The first-order valence-electron chi connectivity index (χ1n) is 12.1. The molecule has 0 aliphatic rings. The molecule has 4 atom stereocenters. The number of guanidine groups is 1. The number of rotatable bonds is 18. The predicted octanol–water partition coefficient (Wildman–Crippen LogP) is -3.34. The fraction of sp³-hybridized carbons (Fsp3) is 0.727. The third-order valence-electron chi connectivity index (χ3n) is 5.34. The second-order valence-electron chi connectivity index (χ2n) is 8.89. The van der Waals surface area contributed by atoms with Crippen molar-refractivity contribution in [1.29, 1.82) is 0 Å². The van der Waals surface area contributed by atoms with Crippen LogP contribution < -0.4 is 44.6 Å². The first kappa shape index (κ1) is 33.5. The summed E-state index contributed by atoms with van der Waals surface area (Å²) in [7, 11) is 1.17. The molecule has 0 aromatic heterocycles. The van der Waals surface area contributed by atoms with Crippen LogP contribution in [0, 0.1) is 5.92 Å². The van der Waals surface area contributed by atoms with E-state index in [0.29, 0.717) is 25.8 Å². The lowest BCUT2D eigenvalue weighted by Gasteiger charge is -2.26. The Morgan fingerprint density at radius 3 is 1.95 bits per heavy atom. The summed E-state index contributed by atoms with van der Waals surface area (Å²) in [5, 5.41) is 7.51.